The zero-order valence-electron chi connectivity index (χ0n) is 13.2. The molecule has 2 rings (SSSR count). The lowest BCUT2D eigenvalue weighted by atomic mass is 9.90. The van der Waals surface area contributed by atoms with Gasteiger partial charge in [-0.3, -0.25) is 0 Å². The van der Waals surface area contributed by atoms with Gasteiger partial charge in [-0.1, -0.05) is 6.08 Å². The Morgan fingerprint density at radius 2 is 1.91 bits per heavy atom. The molecule has 0 aromatic heterocycles. The summed E-state index contributed by atoms with van der Waals surface area (Å²) in [4.78, 5) is 11.3. The molecule has 5 heteroatoms. The Labute approximate surface area is 130 Å². The molecule has 0 radical (unpaired) electrons. The van der Waals surface area contributed by atoms with E-state index < -0.39 is 12.1 Å². The van der Waals surface area contributed by atoms with E-state index in [1.807, 2.05) is 12.1 Å². The molecule has 0 saturated heterocycles. The van der Waals surface area contributed by atoms with E-state index in [1.165, 1.54) is 13.2 Å². The third-order valence-electron chi connectivity index (χ3n) is 4.01. The Balaban J connectivity index is 2.46. The zero-order valence-corrected chi connectivity index (χ0v) is 13.2. The first kappa shape index (κ1) is 16.4. The number of benzene rings is 1. The zero-order chi connectivity index (χ0) is 16.1. The van der Waals surface area contributed by atoms with Crippen LogP contribution in [-0.2, 0) is 16.0 Å². The lowest BCUT2D eigenvalue weighted by molar-refractivity contribution is -0.134. The second-order valence-corrected chi connectivity index (χ2v) is 5.27. The molecule has 1 aromatic rings. The maximum absolute atomic E-state index is 11.3. The maximum atomic E-state index is 11.3. The van der Waals surface area contributed by atoms with Crippen molar-refractivity contribution in [3.8, 4) is 11.5 Å². The number of methoxy groups -OCH3 is 3. The van der Waals surface area contributed by atoms with Crippen molar-refractivity contribution in [1.82, 2.24) is 0 Å². The Morgan fingerprint density at radius 3 is 2.55 bits per heavy atom. The van der Waals surface area contributed by atoms with Crippen LogP contribution in [0.3, 0.4) is 0 Å². The number of fused-ring (bicyclic) bond motifs is 1. The number of ether oxygens (including phenoxy) is 3. The first-order chi connectivity index (χ1) is 10.6. The van der Waals surface area contributed by atoms with Gasteiger partial charge in [-0.25, -0.2) is 4.79 Å². The van der Waals surface area contributed by atoms with Gasteiger partial charge in [-0.15, -0.1) is 0 Å². The highest BCUT2D eigenvalue weighted by atomic mass is 16.5. The summed E-state index contributed by atoms with van der Waals surface area (Å²) in [6.07, 6.45) is 4.93. The molecule has 0 spiro atoms. The van der Waals surface area contributed by atoms with Crippen molar-refractivity contribution in [2.45, 2.75) is 31.3 Å². The number of aryl methyl sites for hydroxylation is 1. The smallest absolute Gasteiger partial charge is 0.330 e. The van der Waals surface area contributed by atoms with Crippen molar-refractivity contribution < 1.29 is 24.1 Å². The number of aliphatic hydroxyl groups excluding tert-OH is 1. The minimum absolute atomic E-state index is 0.267. The molecule has 1 aliphatic rings. The predicted molar refractivity (Wildman–Crippen MR) is 82.4 cm³/mol. The topological polar surface area (TPSA) is 65.0 Å². The maximum Gasteiger partial charge on any atom is 0.330 e. The Hall–Kier alpha value is -2.01. The monoisotopic (exact) mass is 306 g/mol. The second-order valence-electron chi connectivity index (χ2n) is 5.27. The molecule has 120 valence electrons. The largest absolute Gasteiger partial charge is 0.493 e. The van der Waals surface area contributed by atoms with Crippen molar-refractivity contribution >= 4 is 5.97 Å². The lowest BCUT2D eigenvalue weighted by Gasteiger charge is -2.21. The van der Waals surface area contributed by atoms with Crippen molar-refractivity contribution in [3.63, 3.8) is 0 Å². The van der Waals surface area contributed by atoms with E-state index in [-0.39, 0.29) is 5.92 Å². The predicted octanol–water partition coefficient (Wildman–Crippen LogP) is 2.21. The first-order valence-electron chi connectivity index (χ1n) is 7.29. The minimum atomic E-state index is -0.541. The molecule has 2 atom stereocenters. The summed E-state index contributed by atoms with van der Waals surface area (Å²) in [7, 11) is 4.51. The molecule has 1 N–H and O–H groups in total. The minimum Gasteiger partial charge on any atom is -0.493 e. The number of hydrogen-bond donors (Lipinski definition) is 1. The summed E-state index contributed by atoms with van der Waals surface area (Å²) in [5, 5.41) is 10.4. The highest BCUT2D eigenvalue weighted by Crippen LogP contribution is 2.39. The average Bonchev–Trinajstić information content (AvgIpc) is 2.69. The molecule has 0 aliphatic heterocycles. The molecule has 1 aliphatic carbocycles. The van der Waals surface area contributed by atoms with Gasteiger partial charge in [-0.2, -0.15) is 0 Å². The Bertz CT molecular complexity index is 564. The third-order valence-corrected chi connectivity index (χ3v) is 4.01. The van der Waals surface area contributed by atoms with Crippen molar-refractivity contribution in [3.05, 3.63) is 35.4 Å². The van der Waals surface area contributed by atoms with Crippen LogP contribution in [0.25, 0.3) is 0 Å². The average molecular weight is 306 g/mol. The molecule has 22 heavy (non-hydrogen) atoms. The van der Waals surface area contributed by atoms with Crippen molar-refractivity contribution in [1.29, 1.82) is 0 Å². The summed E-state index contributed by atoms with van der Waals surface area (Å²) in [5.74, 6) is 0.593. The van der Waals surface area contributed by atoms with Gasteiger partial charge in [0.25, 0.3) is 0 Å². The van der Waals surface area contributed by atoms with Gasteiger partial charge in [0.15, 0.2) is 11.5 Å². The summed E-state index contributed by atoms with van der Waals surface area (Å²) in [6, 6.07) is 3.83. The van der Waals surface area contributed by atoms with E-state index in [9.17, 15) is 9.90 Å². The van der Waals surface area contributed by atoms with Crippen LogP contribution in [0.2, 0.25) is 0 Å². The molecule has 5 nitrogen and oxygen atoms in total. The van der Waals surface area contributed by atoms with Gasteiger partial charge < -0.3 is 19.3 Å². The number of esters is 1. The standard InChI is InChI=1S/C17H22O5/c1-20-15-9-11-5-4-6-14(18)12(7-8-17(19)22-3)13(11)10-16(15)21-2/h7-10,12,14,18H,4-6H2,1-3H3/b8-7+/t12-,14-/m0/s1. The van der Waals surface area contributed by atoms with Crippen LogP contribution in [0, 0.1) is 0 Å². The quantitative estimate of drug-likeness (QED) is 0.525. The fourth-order valence-corrected chi connectivity index (χ4v) is 2.83. The number of rotatable bonds is 4. The van der Waals surface area contributed by atoms with E-state index in [4.69, 9.17) is 9.47 Å². The van der Waals surface area contributed by atoms with Crippen LogP contribution < -0.4 is 9.47 Å². The molecule has 0 bridgehead atoms. The van der Waals surface area contributed by atoms with Crippen LogP contribution in [0.15, 0.2) is 24.3 Å². The SMILES string of the molecule is COC(=O)/C=C/[C@H]1c2cc(OC)c(OC)cc2CCC[C@@H]1O. The van der Waals surface area contributed by atoms with Gasteiger partial charge >= 0.3 is 5.97 Å². The van der Waals surface area contributed by atoms with Crippen LogP contribution in [0.1, 0.15) is 29.9 Å². The highest BCUT2D eigenvalue weighted by Gasteiger charge is 2.26. The number of hydrogen-bond acceptors (Lipinski definition) is 5. The molecule has 0 unspecified atom stereocenters. The van der Waals surface area contributed by atoms with Gasteiger partial charge in [0.2, 0.25) is 0 Å². The normalized spacial score (nSPS) is 21.1. The van der Waals surface area contributed by atoms with Crippen LogP contribution in [0.5, 0.6) is 11.5 Å². The fraction of sp³-hybridized carbons (Fsp3) is 0.471. The summed E-state index contributed by atoms with van der Waals surface area (Å²) >= 11 is 0. The summed E-state index contributed by atoms with van der Waals surface area (Å²) < 4.78 is 15.3. The van der Waals surface area contributed by atoms with Crippen LogP contribution >= 0.6 is 0 Å². The molecular weight excluding hydrogens is 284 g/mol. The molecule has 0 amide bonds. The number of aliphatic hydroxyl groups is 1. The lowest BCUT2D eigenvalue weighted by Crippen LogP contribution is -2.16. The van der Waals surface area contributed by atoms with Crippen molar-refractivity contribution in [2.75, 3.05) is 21.3 Å². The van der Waals surface area contributed by atoms with E-state index in [0.717, 1.165) is 24.0 Å². The van der Waals surface area contributed by atoms with Crippen molar-refractivity contribution in [2.24, 2.45) is 0 Å². The number of carbonyl (C=O) groups excluding carboxylic acids is 1. The first-order valence-corrected chi connectivity index (χ1v) is 7.29. The van der Waals surface area contributed by atoms with E-state index in [1.54, 1.807) is 20.3 Å². The summed E-state index contributed by atoms with van der Waals surface area (Å²) in [6.45, 7) is 0. The van der Waals surface area contributed by atoms with Gasteiger partial charge in [0, 0.05) is 12.0 Å². The second kappa shape index (κ2) is 7.31. The van der Waals surface area contributed by atoms with Crippen LogP contribution in [-0.4, -0.2) is 38.5 Å². The molecule has 1 aromatic carbocycles. The summed E-state index contributed by atoms with van der Waals surface area (Å²) in [5.41, 5.74) is 2.07. The van der Waals surface area contributed by atoms with E-state index in [0.29, 0.717) is 17.9 Å². The Morgan fingerprint density at radius 1 is 1.23 bits per heavy atom. The molecule has 0 fully saturated rings. The fourth-order valence-electron chi connectivity index (χ4n) is 2.83. The van der Waals surface area contributed by atoms with E-state index >= 15 is 0 Å². The van der Waals surface area contributed by atoms with E-state index in [2.05, 4.69) is 4.74 Å². The van der Waals surface area contributed by atoms with Gasteiger partial charge in [0.1, 0.15) is 0 Å². The van der Waals surface area contributed by atoms with Gasteiger partial charge in [-0.05, 0) is 42.5 Å². The molecular formula is C17H22O5. The molecule has 0 saturated carbocycles. The van der Waals surface area contributed by atoms with Gasteiger partial charge in [0.05, 0.1) is 27.4 Å². The molecule has 0 heterocycles. The highest BCUT2D eigenvalue weighted by molar-refractivity contribution is 5.82. The Kier molecular flexibility index (Phi) is 5.44. The third kappa shape index (κ3) is 3.42. The van der Waals surface area contributed by atoms with Crippen LogP contribution in [0.4, 0.5) is 0 Å². The number of carbonyl (C=O) groups is 1.